The molecule has 2 aromatic heterocycles. The van der Waals surface area contributed by atoms with Gasteiger partial charge in [-0.25, -0.2) is 10.1 Å². The van der Waals surface area contributed by atoms with Gasteiger partial charge in [-0.2, -0.15) is 0 Å². The highest BCUT2D eigenvalue weighted by atomic mass is 16.7. The molecule has 5 heteroatoms. The normalized spacial score (nSPS) is 8.93. The van der Waals surface area contributed by atoms with Gasteiger partial charge >= 0.3 is 0 Å². The van der Waals surface area contributed by atoms with Gasteiger partial charge in [0.25, 0.3) is 0 Å². The van der Waals surface area contributed by atoms with Gasteiger partial charge in [-0.3, -0.25) is 0 Å². The molecule has 0 aliphatic heterocycles. The van der Waals surface area contributed by atoms with Crippen molar-refractivity contribution in [3.8, 4) is 0 Å². The first kappa shape index (κ1) is 10.0. The molecule has 0 atom stereocenters. The molecule has 0 radical (unpaired) electrons. The molecule has 0 unspecified atom stereocenters. The predicted octanol–water partition coefficient (Wildman–Crippen LogP) is 1.85. The lowest BCUT2D eigenvalue weighted by Gasteiger charge is -1.89. The lowest BCUT2D eigenvalue weighted by Crippen LogP contribution is -2.07. The number of nitrogens with one attached hydrogen (secondary N) is 1. The topological polar surface area (TPSA) is 63.9 Å². The summed E-state index contributed by atoms with van der Waals surface area (Å²) in [6.07, 6.45) is 5.16. The molecule has 0 aliphatic rings. The van der Waals surface area contributed by atoms with Crippen LogP contribution >= 0.6 is 0 Å². The van der Waals surface area contributed by atoms with Gasteiger partial charge in [0, 0.05) is 12.4 Å². The number of aryl methyl sites for hydroxylation is 1. The van der Waals surface area contributed by atoms with E-state index in [0.717, 1.165) is 4.68 Å². The first-order valence-electron chi connectivity index (χ1n) is 4.08. The van der Waals surface area contributed by atoms with E-state index in [9.17, 15) is 10.1 Å². The standard InChI is InChI=1S/C5H6N2O2.C4H5N/c1-5-3-2-4-6(5)7(8)9;1-2-4-5-3-1/h2-4H,1H3;1-5H. The summed E-state index contributed by atoms with van der Waals surface area (Å²) in [7, 11) is 0. The molecule has 14 heavy (non-hydrogen) atoms. The summed E-state index contributed by atoms with van der Waals surface area (Å²) in [5.41, 5.74) is 0.639. The maximum absolute atomic E-state index is 10.1. The highest BCUT2D eigenvalue weighted by Crippen LogP contribution is 1.96. The van der Waals surface area contributed by atoms with Crippen molar-refractivity contribution in [1.29, 1.82) is 0 Å². The van der Waals surface area contributed by atoms with Crippen LogP contribution in [0, 0.1) is 17.0 Å². The number of aromatic nitrogens is 2. The second kappa shape index (κ2) is 4.86. The van der Waals surface area contributed by atoms with Gasteiger partial charge < -0.3 is 4.98 Å². The van der Waals surface area contributed by atoms with E-state index < -0.39 is 5.03 Å². The van der Waals surface area contributed by atoms with E-state index in [1.54, 1.807) is 19.1 Å². The summed E-state index contributed by atoms with van der Waals surface area (Å²) in [6, 6.07) is 7.21. The Bertz CT molecular complexity index is 361. The van der Waals surface area contributed by atoms with Crippen molar-refractivity contribution in [2.45, 2.75) is 6.92 Å². The average Bonchev–Trinajstić information content (AvgIpc) is 2.74. The molecule has 74 valence electrons. The predicted molar refractivity (Wildman–Crippen MR) is 52.4 cm³/mol. The maximum atomic E-state index is 10.1. The van der Waals surface area contributed by atoms with Crippen LogP contribution in [0.4, 0.5) is 0 Å². The van der Waals surface area contributed by atoms with E-state index in [4.69, 9.17) is 0 Å². The Hall–Kier alpha value is -2.04. The summed E-state index contributed by atoms with van der Waals surface area (Å²) >= 11 is 0. The second-order valence-corrected chi connectivity index (χ2v) is 2.62. The Morgan fingerprint density at radius 3 is 2.21 bits per heavy atom. The van der Waals surface area contributed by atoms with Crippen LogP contribution < -0.4 is 0 Å². The number of hydrogen-bond acceptors (Lipinski definition) is 2. The molecule has 1 N–H and O–H groups in total. The minimum Gasteiger partial charge on any atom is -0.368 e. The third kappa shape index (κ3) is 2.78. The van der Waals surface area contributed by atoms with Crippen molar-refractivity contribution in [2.24, 2.45) is 0 Å². The first-order chi connectivity index (χ1) is 6.72. The van der Waals surface area contributed by atoms with Gasteiger partial charge in [-0.1, -0.05) is 4.68 Å². The van der Waals surface area contributed by atoms with Crippen molar-refractivity contribution < 1.29 is 5.03 Å². The molecule has 0 spiro atoms. The van der Waals surface area contributed by atoms with Gasteiger partial charge in [-0.15, -0.1) is 0 Å². The molecule has 2 rings (SSSR count). The Kier molecular flexibility index (Phi) is 3.49. The summed E-state index contributed by atoms with van der Waals surface area (Å²) in [5.74, 6) is 0. The van der Waals surface area contributed by atoms with Crippen LogP contribution in [-0.4, -0.2) is 14.7 Å². The quantitative estimate of drug-likeness (QED) is 0.554. The van der Waals surface area contributed by atoms with Gasteiger partial charge in [0.1, 0.15) is 0 Å². The van der Waals surface area contributed by atoms with Crippen molar-refractivity contribution in [1.82, 2.24) is 9.66 Å². The first-order valence-corrected chi connectivity index (χ1v) is 4.08. The lowest BCUT2D eigenvalue weighted by atomic mass is 10.5. The van der Waals surface area contributed by atoms with Crippen molar-refractivity contribution in [3.63, 3.8) is 0 Å². The lowest BCUT2D eigenvalue weighted by molar-refractivity contribution is -0.543. The van der Waals surface area contributed by atoms with Gasteiger partial charge in [0.2, 0.25) is 0 Å². The summed E-state index contributed by atoms with van der Waals surface area (Å²) in [6.45, 7) is 1.68. The third-order valence-electron chi connectivity index (χ3n) is 1.60. The molecular weight excluding hydrogens is 182 g/mol. The molecular formula is C9H11N3O2. The average molecular weight is 193 g/mol. The van der Waals surface area contributed by atoms with Crippen LogP contribution in [0.1, 0.15) is 5.69 Å². The van der Waals surface area contributed by atoms with Crippen molar-refractivity contribution >= 4 is 0 Å². The van der Waals surface area contributed by atoms with Crippen LogP contribution in [-0.2, 0) is 0 Å². The smallest absolute Gasteiger partial charge is 0.169 e. The number of rotatable bonds is 1. The van der Waals surface area contributed by atoms with Gasteiger partial charge in [0.15, 0.2) is 5.03 Å². The number of hydrogen-bond donors (Lipinski definition) is 1. The molecule has 0 fully saturated rings. The van der Waals surface area contributed by atoms with Gasteiger partial charge in [-0.05, 0) is 31.2 Å². The molecule has 2 aromatic rings. The molecule has 0 saturated heterocycles. The van der Waals surface area contributed by atoms with Crippen molar-refractivity contribution in [3.05, 3.63) is 58.7 Å². The largest absolute Gasteiger partial charge is 0.368 e. The Balaban J connectivity index is 0.000000165. The molecule has 0 bridgehead atoms. The summed E-state index contributed by atoms with van der Waals surface area (Å²) in [5, 5.41) is 9.59. The minimum atomic E-state index is -0.463. The van der Waals surface area contributed by atoms with Crippen LogP contribution in [0.2, 0.25) is 0 Å². The molecule has 0 saturated carbocycles. The fourth-order valence-corrected chi connectivity index (χ4v) is 0.919. The number of nitro groups is 1. The third-order valence-corrected chi connectivity index (χ3v) is 1.60. The molecule has 0 amide bonds. The maximum Gasteiger partial charge on any atom is 0.169 e. The fraction of sp³-hybridized carbons (Fsp3) is 0.111. The Morgan fingerprint density at radius 1 is 1.36 bits per heavy atom. The summed E-state index contributed by atoms with van der Waals surface area (Å²) < 4.78 is 0.972. The van der Waals surface area contributed by atoms with Gasteiger partial charge in [0.05, 0.1) is 11.9 Å². The van der Waals surface area contributed by atoms with Crippen LogP contribution in [0.3, 0.4) is 0 Å². The Morgan fingerprint density at radius 2 is 2.00 bits per heavy atom. The van der Waals surface area contributed by atoms with E-state index in [1.807, 2.05) is 24.5 Å². The van der Waals surface area contributed by atoms with E-state index in [2.05, 4.69) is 4.98 Å². The number of H-pyrrole nitrogens is 1. The van der Waals surface area contributed by atoms with Crippen LogP contribution in [0.15, 0.2) is 42.9 Å². The van der Waals surface area contributed by atoms with E-state index in [-0.39, 0.29) is 0 Å². The van der Waals surface area contributed by atoms with E-state index in [1.165, 1.54) is 6.20 Å². The molecule has 0 aromatic carbocycles. The SMILES string of the molecule is Cc1cccn1[N+](=O)[O-].c1cc[nH]c1. The van der Waals surface area contributed by atoms with Crippen LogP contribution in [0.5, 0.6) is 0 Å². The number of aromatic amines is 1. The molecule has 5 nitrogen and oxygen atoms in total. The molecule has 0 aliphatic carbocycles. The highest BCUT2D eigenvalue weighted by Gasteiger charge is 2.01. The van der Waals surface area contributed by atoms with Crippen molar-refractivity contribution in [2.75, 3.05) is 0 Å². The minimum absolute atomic E-state index is 0.463. The fourth-order valence-electron chi connectivity index (χ4n) is 0.919. The second-order valence-electron chi connectivity index (χ2n) is 2.62. The van der Waals surface area contributed by atoms with Crippen LogP contribution in [0.25, 0.3) is 0 Å². The molecule has 2 heterocycles. The monoisotopic (exact) mass is 193 g/mol. The Labute approximate surface area is 81.1 Å². The zero-order valence-electron chi connectivity index (χ0n) is 7.75. The van der Waals surface area contributed by atoms with E-state index >= 15 is 0 Å². The highest BCUT2D eigenvalue weighted by molar-refractivity contribution is 5.01. The zero-order chi connectivity index (χ0) is 10.4. The zero-order valence-corrected chi connectivity index (χ0v) is 7.75. The van der Waals surface area contributed by atoms with E-state index in [0.29, 0.717) is 5.69 Å². The summed E-state index contributed by atoms with van der Waals surface area (Å²) in [4.78, 5) is 12.9. The number of nitrogens with zero attached hydrogens (tertiary/aromatic N) is 2.